The number of anilines is 1. The summed E-state index contributed by atoms with van der Waals surface area (Å²) in [4.78, 5) is 44.3. The molecule has 0 unspecified atom stereocenters. The molecule has 0 radical (unpaired) electrons. The van der Waals surface area contributed by atoms with Crippen LogP contribution in [0.1, 0.15) is 28.0 Å². The number of ether oxygens (including phenoxy) is 1. The SMILES string of the molecule is COC(=O)c1c(SCC(=O)N(CCC#N)c2ccc(Cl)c(C)c2)nc(=O)[nH]c1C. The van der Waals surface area contributed by atoms with Gasteiger partial charge in [-0.15, -0.1) is 0 Å². The van der Waals surface area contributed by atoms with E-state index in [1.807, 2.05) is 13.0 Å². The summed E-state index contributed by atoms with van der Waals surface area (Å²) in [7, 11) is 1.22. The topological polar surface area (TPSA) is 116 Å². The van der Waals surface area contributed by atoms with Gasteiger partial charge in [-0.25, -0.2) is 9.59 Å². The molecule has 0 spiro atoms. The lowest BCUT2D eigenvalue weighted by molar-refractivity contribution is -0.116. The Morgan fingerprint density at radius 1 is 1.38 bits per heavy atom. The molecule has 29 heavy (non-hydrogen) atoms. The average Bonchev–Trinajstić information content (AvgIpc) is 2.68. The minimum absolute atomic E-state index is 0.0903. The Hall–Kier alpha value is -2.83. The molecule has 10 heteroatoms. The maximum atomic E-state index is 12.9. The Balaban J connectivity index is 2.29. The predicted molar refractivity (Wildman–Crippen MR) is 110 cm³/mol. The summed E-state index contributed by atoms with van der Waals surface area (Å²) in [6.07, 6.45) is 0.147. The first kappa shape index (κ1) is 22.5. The molecular weight excluding hydrogens is 416 g/mol. The molecule has 0 bridgehead atoms. The number of rotatable bonds is 7. The van der Waals surface area contributed by atoms with Gasteiger partial charge in [0.15, 0.2) is 0 Å². The molecule has 1 N–H and O–H groups in total. The number of halogens is 1. The van der Waals surface area contributed by atoms with Gasteiger partial charge in [0.1, 0.15) is 10.6 Å². The quantitative estimate of drug-likeness (QED) is 0.404. The van der Waals surface area contributed by atoms with Crippen molar-refractivity contribution in [2.45, 2.75) is 25.3 Å². The molecule has 1 heterocycles. The maximum absolute atomic E-state index is 12.9. The summed E-state index contributed by atoms with van der Waals surface area (Å²) in [5, 5.41) is 9.60. The number of methoxy groups -OCH3 is 1. The van der Waals surface area contributed by atoms with Crippen LogP contribution < -0.4 is 10.6 Å². The van der Waals surface area contributed by atoms with Crippen molar-refractivity contribution in [3.05, 3.63) is 50.5 Å². The van der Waals surface area contributed by atoms with Crippen LogP contribution in [-0.4, -0.2) is 41.3 Å². The molecular formula is C19H19ClN4O4S. The fraction of sp³-hybridized carbons (Fsp3) is 0.316. The molecule has 2 aromatic rings. The number of aromatic nitrogens is 2. The van der Waals surface area contributed by atoms with Gasteiger partial charge in [0.25, 0.3) is 0 Å². The number of benzene rings is 1. The molecule has 8 nitrogen and oxygen atoms in total. The van der Waals surface area contributed by atoms with Gasteiger partial charge in [0, 0.05) is 22.9 Å². The summed E-state index contributed by atoms with van der Waals surface area (Å²) < 4.78 is 4.74. The zero-order valence-electron chi connectivity index (χ0n) is 16.1. The molecule has 1 aromatic carbocycles. The van der Waals surface area contributed by atoms with Crippen LogP contribution in [0.3, 0.4) is 0 Å². The number of aryl methyl sites for hydroxylation is 2. The van der Waals surface area contributed by atoms with Gasteiger partial charge in [-0.1, -0.05) is 23.4 Å². The first-order valence-electron chi connectivity index (χ1n) is 8.54. The third-order valence-electron chi connectivity index (χ3n) is 4.01. The standard InChI is InChI=1S/C19H19ClN4O4S/c1-11-9-13(5-6-14(11)20)24(8-4-7-21)15(25)10-29-17-16(18(26)28-3)12(2)22-19(27)23-17/h5-6,9H,4,8,10H2,1-3H3,(H,22,23,27). The van der Waals surface area contributed by atoms with Gasteiger partial charge in [0.05, 0.1) is 25.4 Å². The van der Waals surface area contributed by atoms with Crippen LogP contribution in [0, 0.1) is 25.2 Å². The fourth-order valence-corrected chi connectivity index (χ4v) is 3.63. The van der Waals surface area contributed by atoms with Crippen LogP contribution in [0.4, 0.5) is 5.69 Å². The summed E-state index contributed by atoms with van der Waals surface area (Å²) in [5.74, 6) is -1.05. The Morgan fingerprint density at radius 2 is 2.10 bits per heavy atom. The number of amides is 1. The summed E-state index contributed by atoms with van der Waals surface area (Å²) in [5.41, 5.74) is 1.19. The second-order valence-corrected chi connectivity index (χ2v) is 7.39. The number of hydrogen-bond donors (Lipinski definition) is 1. The minimum Gasteiger partial charge on any atom is -0.465 e. The van der Waals surface area contributed by atoms with Gasteiger partial charge in [-0.3, -0.25) is 4.79 Å². The number of nitrogens with zero attached hydrogens (tertiary/aromatic N) is 3. The fourth-order valence-electron chi connectivity index (χ4n) is 2.57. The number of thioether (sulfide) groups is 1. The smallest absolute Gasteiger partial charge is 0.346 e. The van der Waals surface area contributed by atoms with Gasteiger partial charge in [-0.2, -0.15) is 10.2 Å². The second kappa shape index (κ2) is 10.1. The van der Waals surface area contributed by atoms with E-state index >= 15 is 0 Å². The van der Waals surface area contributed by atoms with E-state index < -0.39 is 11.7 Å². The van der Waals surface area contributed by atoms with E-state index in [1.165, 1.54) is 12.0 Å². The zero-order valence-corrected chi connectivity index (χ0v) is 17.7. The lowest BCUT2D eigenvalue weighted by Gasteiger charge is -2.22. The van der Waals surface area contributed by atoms with Gasteiger partial charge in [0.2, 0.25) is 5.91 Å². The highest BCUT2D eigenvalue weighted by Gasteiger charge is 2.22. The minimum atomic E-state index is -0.657. The van der Waals surface area contributed by atoms with E-state index in [-0.39, 0.29) is 35.2 Å². The first-order valence-corrected chi connectivity index (χ1v) is 9.90. The third kappa shape index (κ3) is 5.59. The first-order chi connectivity index (χ1) is 13.8. The van der Waals surface area contributed by atoms with E-state index in [1.54, 1.807) is 25.1 Å². The van der Waals surface area contributed by atoms with Gasteiger partial charge >= 0.3 is 11.7 Å². The number of esters is 1. The lowest BCUT2D eigenvalue weighted by atomic mass is 10.2. The summed E-state index contributed by atoms with van der Waals surface area (Å²) in [6, 6.07) is 7.17. The van der Waals surface area contributed by atoms with Crippen LogP contribution in [0.5, 0.6) is 0 Å². The predicted octanol–water partition coefficient (Wildman–Crippen LogP) is 2.87. The number of nitrogens with one attached hydrogen (secondary N) is 1. The highest BCUT2D eigenvalue weighted by molar-refractivity contribution is 8.00. The zero-order chi connectivity index (χ0) is 21.6. The van der Waals surface area contributed by atoms with Gasteiger partial charge in [-0.05, 0) is 37.6 Å². The van der Waals surface area contributed by atoms with Crippen LogP contribution in [0.15, 0.2) is 28.0 Å². The molecule has 0 aliphatic carbocycles. The molecule has 0 saturated heterocycles. The molecule has 2 rings (SSSR count). The van der Waals surface area contributed by atoms with E-state index in [0.717, 1.165) is 17.3 Å². The normalized spacial score (nSPS) is 10.3. The Morgan fingerprint density at radius 3 is 2.72 bits per heavy atom. The number of nitriles is 1. The van der Waals surface area contributed by atoms with Crippen LogP contribution in [0.2, 0.25) is 5.02 Å². The van der Waals surface area contributed by atoms with Crippen LogP contribution in [-0.2, 0) is 9.53 Å². The van der Waals surface area contributed by atoms with E-state index in [2.05, 4.69) is 9.97 Å². The largest absolute Gasteiger partial charge is 0.465 e. The van der Waals surface area contributed by atoms with Crippen molar-refractivity contribution in [2.24, 2.45) is 0 Å². The summed E-state index contributed by atoms with van der Waals surface area (Å²) >= 11 is 7.02. The molecule has 0 aliphatic rings. The van der Waals surface area contributed by atoms with Gasteiger partial charge < -0.3 is 14.6 Å². The lowest BCUT2D eigenvalue weighted by Crippen LogP contribution is -2.33. The van der Waals surface area contributed by atoms with E-state index in [4.69, 9.17) is 21.6 Å². The van der Waals surface area contributed by atoms with Crippen molar-refractivity contribution in [3.8, 4) is 6.07 Å². The highest BCUT2D eigenvalue weighted by Crippen LogP contribution is 2.26. The number of H-pyrrole nitrogens is 1. The number of carbonyl (C=O) groups excluding carboxylic acids is 2. The second-order valence-electron chi connectivity index (χ2n) is 6.01. The Bertz CT molecular complexity index is 1030. The average molecular weight is 435 g/mol. The van der Waals surface area contributed by atoms with Crippen molar-refractivity contribution in [2.75, 3.05) is 24.3 Å². The molecule has 1 amide bonds. The number of aromatic amines is 1. The van der Waals surface area contributed by atoms with Crippen LogP contribution in [0.25, 0.3) is 0 Å². The van der Waals surface area contributed by atoms with Crippen molar-refractivity contribution in [1.82, 2.24) is 9.97 Å². The molecule has 0 atom stereocenters. The molecule has 0 saturated carbocycles. The Labute approximate surface area is 176 Å². The van der Waals surface area contributed by atoms with Crippen molar-refractivity contribution in [1.29, 1.82) is 5.26 Å². The molecule has 1 aromatic heterocycles. The van der Waals surface area contributed by atoms with Crippen LogP contribution >= 0.6 is 23.4 Å². The van der Waals surface area contributed by atoms with Crippen molar-refractivity contribution in [3.63, 3.8) is 0 Å². The summed E-state index contributed by atoms with van der Waals surface area (Å²) in [6.45, 7) is 3.57. The molecule has 152 valence electrons. The molecule has 0 fully saturated rings. The number of carbonyl (C=O) groups is 2. The van der Waals surface area contributed by atoms with Crippen molar-refractivity contribution >= 4 is 40.9 Å². The Kier molecular flexibility index (Phi) is 7.82. The highest BCUT2D eigenvalue weighted by atomic mass is 35.5. The number of hydrogen-bond acceptors (Lipinski definition) is 7. The van der Waals surface area contributed by atoms with E-state index in [0.29, 0.717) is 16.4 Å². The maximum Gasteiger partial charge on any atom is 0.346 e. The molecule has 0 aliphatic heterocycles. The van der Waals surface area contributed by atoms with Crippen molar-refractivity contribution < 1.29 is 14.3 Å². The monoisotopic (exact) mass is 434 g/mol. The van der Waals surface area contributed by atoms with E-state index in [9.17, 15) is 14.4 Å². The third-order valence-corrected chi connectivity index (χ3v) is 5.39.